The molecule has 3 nitrogen and oxygen atoms in total. The van der Waals surface area contributed by atoms with Crippen molar-refractivity contribution < 1.29 is 13.5 Å². The van der Waals surface area contributed by atoms with Gasteiger partial charge in [-0.15, -0.1) is 0 Å². The minimum absolute atomic E-state index is 0.0972. The molecule has 0 aromatic rings. The molecule has 60 valence electrons. The third-order valence-electron chi connectivity index (χ3n) is 2.13. The molecule has 3 unspecified atom stereocenters. The van der Waals surface area contributed by atoms with E-state index in [9.17, 15) is 13.5 Å². The van der Waals surface area contributed by atoms with Crippen LogP contribution in [0.25, 0.3) is 0 Å². The summed E-state index contributed by atoms with van der Waals surface area (Å²) >= 11 is 0. The number of rotatable bonds is 0. The van der Waals surface area contributed by atoms with Gasteiger partial charge in [-0.3, -0.25) is 0 Å². The second-order valence-electron chi connectivity index (χ2n) is 3.00. The molecule has 10 heavy (non-hydrogen) atoms. The maximum absolute atomic E-state index is 11.0. The Morgan fingerprint density at radius 2 is 1.90 bits per heavy atom. The minimum atomic E-state index is -2.97. The lowest BCUT2D eigenvalue weighted by Crippen LogP contribution is -2.24. The van der Waals surface area contributed by atoms with Gasteiger partial charge < -0.3 is 5.11 Å². The van der Waals surface area contributed by atoms with Crippen LogP contribution in [0.2, 0.25) is 0 Å². The zero-order valence-corrected chi connectivity index (χ0v) is 6.93. The van der Waals surface area contributed by atoms with Crippen molar-refractivity contribution in [3.05, 3.63) is 0 Å². The van der Waals surface area contributed by atoms with Crippen LogP contribution in [0, 0.1) is 5.92 Å². The van der Waals surface area contributed by atoms with Crippen LogP contribution in [0.4, 0.5) is 0 Å². The Morgan fingerprint density at radius 3 is 2.00 bits per heavy atom. The first-order valence-corrected chi connectivity index (χ1v) is 5.06. The molecule has 0 aliphatic carbocycles. The summed E-state index contributed by atoms with van der Waals surface area (Å²) in [4.78, 5) is 0. The molecule has 1 rings (SSSR count). The van der Waals surface area contributed by atoms with Crippen molar-refractivity contribution >= 4 is 9.84 Å². The lowest BCUT2D eigenvalue weighted by atomic mass is 10.1. The third-order valence-corrected chi connectivity index (χ3v) is 4.53. The van der Waals surface area contributed by atoms with E-state index in [4.69, 9.17) is 0 Å². The summed E-state index contributed by atoms with van der Waals surface area (Å²) in [5.74, 6) is 0.0370. The second kappa shape index (κ2) is 2.20. The van der Waals surface area contributed by atoms with Gasteiger partial charge in [0.05, 0.1) is 17.1 Å². The Labute approximate surface area is 61.0 Å². The van der Waals surface area contributed by atoms with E-state index in [0.29, 0.717) is 0 Å². The molecular formula is C6H12O3S. The Morgan fingerprint density at radius 1 is 1.40 bits per heavy atom. The predicted octanol–water partition coefficient (Wildman–Crippen LogP) is -0.200. The number of aliphatic hydroxyl groups excluding tert-OH is 1. The van der Waals surface area contributed by atoms with E-state index in [2.05, 4.69) is 0 Å². The highest BCUT2D eigenvalue weighted by Gasteiger charge is 2.40. The van der Waals surface area contributed by atoms with Gasteiger partial charge in [-0.05, 0) is 12.8 Å². The molecule has 1 heterocycles. The van der Waals surface area contributed by atoms with Crippen LogP contribution in [0.1, 0.15) is 13.8 Å². The fraction of sp³-hybridized carbons (Fsp3) is 1.00. The summed E-state index contributed by atoms with van der Waals surface area (Å²) in [5.41, 5.74) is 0. The number of hydrogen-bond donors (Lipinski definition) is 1. The normalized spacial score (nSPS) is 45.7. The predicted molar refractivity (Wildman–Crippen MR) is 38.4 cm³/mol. The highest BCUT2D eigenvalue weighted by molar-refractivity contribution is 7.92. The molecule has 0 spiro atoms. The molecule has 1 fully saturated rings. The van der Waals surface area contributed by atoms with Crippen LogP contribution in [0.3, 0.4) is 0 Å². The first-order valence-electron chi connectivity index (χ1n) is 3.35. The van der Waals surface area contributed by atoms with Gasteiger partial charge in [0.25, 0.3) is 0 Å². The highest BCUT2D eigenvalue weighted by Crippen LogP contribution is 2.25. The minimum Gasteiger partial charge on any atom is -0.391 e. The smallest absolute Gasteiger partial charge is 0.155 e. The van der Waals surface area contributed by atoms with Crippen molar-refractivity contribution in [2.75, 3.05) is 5.75 Å². The molecule has 0 aromatic carbocycles. The molecule has 0 bridgehead atoms. The topological polar surface area (TPSA) is 54.4 Å². The van der Waals surface area contributed by atoms with Gasteiger partial charge in [-0.1, -0.05) is 6.92 Å². The van der Waals surface area contributed by atoms with Gasteiger partial charge in [0.15, 0.2) is 9.84 Å². The summed E-state index contributed by atoms with van der Waals surface area (Å²) in [6.45, 7) is 3.31. The zero-order chi connectivity index (χ0) is 7.94. The molecule has 1 saturated heterocycles. The fourth-order valence-electron chi connectivity index (χ4n) is 1.29. The molecule has 4 heteroatoms. The van der Waals surface area contributed by atoms with Crippen molar-refractivity contribution in [3.63, 3.8) is 0 Å². The van der Waals surface area contributed by atoms with Gasteiger partial charge >= 0.3 is 0 Å². The second-order valence-corrected chi connectivity index (χ2v) is 5.41. The molecule has 0 aromatic heterocycles. The van der Waals surface area contributed by atoms with Gasteiger partial charge in [0, 0.05) is 0 Å². The lowest BCUT2D eigenvalue weighted by molar-refractivity contribution is 0.137. The summed E-state index contributed by atoms with van der Waals surface area (Å²) in [5, 5.41) is 8.66. The van der Waals surface area contributed by atoms with Crippen LogP contribution in [0.15, 0.2) is 0 Å². The number of sulfone groups is 1. The van der Waals surface area contributed by atoms with Crippen molar-refractivity contribution in [3.8, 4) is 0 Å². The first kappa shape index (κ1) is 8.01. The summed E-state index contributed by atoms with van der Waals surface area (Å²) < 4.78 is 22.0. The van der Waals surface area contributed by atoms with E-state index in [-0.39, 0.29) is 11.7 Å². The zero-order valence-electron chi connectivity index (χ0n) is 6.11. The largest absolute Gasteiger partial charge is 0.391 e. The molecule has 3 atom stereocenters. The lowest BCUT2D eigenvalue weighted by Gasteiger charge is -2.08. The number of hydrogen-bond acceptors (Lipinski definition) is 3. The Balaban J connectivity index is 2.93. The Bertz CT molecular complexity index is 219. The Hall–Kier alpha value is -0.0900. The van der Waals surface area contributed by atoms with E-state index in [1.54, 1.807) is 13.8 Å². The van der Waals surface area contributed by atoms with Crippen LogP contribution >= 0.6 is 0 Å². The van der Waals surface area contributed by atoms with Crippen molar-refractivity contribution in [2.24, 2.45) is 5.92 Å². The average molecular weight is 164 g/mol. The summed E-state index contributed by atoms with van der Waals surface area (Å²) in [6, 6.07) is 0. The van der Waals surface area contributed by atoms with Crippen molar-refractivity contribution in [2.45, 2.75) is 25.2 Å². The third kappa shape index (κ3) is 1.06. The van der Waals surface area contributed by atoms with Crippen LogP contribution in [-0.4, -0.2) is 30.6 Å². The van der Waals surface area contributed by atoms with E-state index in [1.165, 1.54) is 0 Å². The van der Waals surface area contributed by atoms with Crippen molar-refractivity contribution in [1.29, 1.82) is 0 Å². The van der Waals surface area contributed by atoms with Crippen LogP contribution in [0.5, 0.6) is 0 Å². The molecule has 1 N–H and O–H groups in total. The molecule has 1 aliphatic rings. The standard InChI is InChI=1S/C6H12O3S/c1-4-3-10(8,9)5(2)6(4)7/h4-7H,3H2,1-2H3. The van der Waals surface area contributed by atoms with Gasteiger partial charge in [-0.25, -0.2) is 8.42 Å². The molecule has 0 saturated carbocycles. The monoisotopic (exact) mass is 164 g/mol. The molecule has 0 amide bonds. The van der Waals surface area contributed by atoms with Gasteiger partial charge in [-0.2, -0.15) is 0 Å². The Kier molecular flexibility index (Phi) is 1.76. The SMILES string of the molecule is CC1CS(=O)(=O)C(C)C1O. The van der Waals surface area contributed by atoms with E-state index in [1.807, 2.05) is 0 Å². The first-order chi connectivity index (χ1) is 4.45. The van der Waals surface area contributed by atoms with E-state index < -0.39 is 21.2 Å². The molecule has 1 aliphatic heterocycles. The highest BCUT2D eigenvalue weighted by atomic mass is 32.2. The van der Waals surface area contributed by atoms with E-state index in [0.717, 1.165) is 0 Å². The summed E-state index contributed by atoms with van der Waals surface area (Å²) in [6.07, 6.45) is -0.662. The number of aliphatic hydroxyl groups is 1. The van der Waals surface area contributed by atoms with Gasteiger partial charge in [0.1, 0.15) is 0 Å². The molecular weight excluding hydrogens is 152 g/mol. The van der Waals surface area contributed by atoms with Crippen LogP contribution < -0.4 is 0 Å². The maximum atomic E-state index is 11.0. The van der Waals surface area contributed by atoms with Crippen LogP contribution in [-0.2, 0) is 9.84 Å². The summed E-state index contributed by atoms with van der Waals surface area (Å²) in [7, 11) is -2.97. The van der Waals surface area contributed by atoms with E-state index >= 15 is 0 Å². The molecule has 0 radical (unpaired) electrons. The van der Waals surface area contributed by atoms with Crippen molar-refractivity contribution in [1.82, 2.24) is 0 Å². The quantitative estimate of drug-likeness (QED) is 0.539. The maximum Gasteiger partial charge on any atom is 0.155 e. The fourth-order valence-corrected chi connectivity index (χ4v) is 3.22. The van der Waals surface area contributed by atoms with Gasteiger partial charge in [0.2, 0.25) is 0 Å². The average Bonchev–Trinajstić information content (AvgIpc) is 1.95.